The van der Waals surface area contributed by atoms with E-state index >= 15 is 0 Å². The number of halogens is 1. The van der Waals surface area contributed by atoms with Crippen molar-refractivity contribution in [2.45, 2.75) is 44.9 Å². The minimum atomic E-state index is 0.249. The topological polar surface area (TPSA) is 37.8 Å². The molecule has 0 spiro atoms. The second-order valence-corrected chi connectivity index (χ2v) is 5.08. The molecule has 90 valence electrons. The first kappa shape index (κ1) is 13.2. The number of rotatable bonds is 6. The van der Waals surface area contributed by atoms with Crippen LogP contribution < -0.4 is 5.32 Å². The Morgan fingerprint density at radius 1 is 1.31 bits per heavy atom. The van der Waals surface area contributed by atoms with Gasteiger partial charge in [0, 0.05) is 23.7 Å². The second kappa shape index (κ2) is 6.69. The Hall–Kier alpha value is -0.830. The third-order valence-corrected chi connectivity index (χ3v) is 2.58. The van der Waals surface area contributed by atoms with E-state index in [1.807, 2.05) is 13.0 Å². The molecule has 0 fully saturated rings. The molecule has 1 aromatic rings. The van der Waals surface area contributed by atoms with E-state index in [0.29, 0.717) is 5.92 Å². The Bertz CT molecular complexity index is 313. The summed E-state index contributed by atoms with van der Waals surface area (Å²) in [4.78, 5) is 8.41. The summed E-state index contributed by atoms with van der Waals surface area (Å²) in [5.74, 6) is 1.34. The first-order valence-corrected chi connectivity index (χ1v) is 6.23. The Morgan fingerprint density at radius 2 is 2.06 bits per heavy atom. The molecule has 4 heteroatoms. The molecule has 0 aliphatic rings. The van der Waals surface area contributed by atoms with Crippen molar-refractivity contribution >= 4 is 17.4 Å². The fourth-order valence-corrected chi connectivity index (χ4v) is 1.54. The standard InChI is InChI=1S/C12H20ClN3/c1-9(2)11-7-12(16-8-15-11)14-6-4-5-10(3)13/h7-10H,4-6H2,1-3H3,(H,14,15,16). The molecule has 3 nitrogen and oxygen atoms in total. The Balaban J connectivity index is 2.39. The van der Waals surface area contributed by atoms with E-state index in [0.717, 1.165) is 30.9 Å². The van der Waals surface area contributed by atoms with Gasteiger partial charge >= 0.3 is 0 Å². The molecule has 1 atom stereocenters. The van der Waals surface area contributed by atoms with Gasteiger partial charge in [-0.2, -0.15) is 0 Å². The SMILES string of the molecule is CC(Cl)CCCNc1cc(C(C)C)ncn1. The van der Waals surface area contributed by atoms with Gasteiger partial charge in [-0.05, 0) is 25.7 Å². The molecule has 0 saturated heterocycles. The highest BCUT2D eigenvalue weighted by Crippen LogP contribution is 2.13. The van der Waals surface area contributed by atoms with Gasteiger partial charge < -0.3 is 5.32 Å². The van der Waals surface area contributed by atoms with Crippen LogP contribution in [0.3, 0.4) is 0 Å². The van der Waals surface area contributed by atoms with Gasteiger partial charge in [0.25, 0.3) is 0 Å². The third kappa shape index (κ3) is 4.79. The molecule has 1 N–H and O–H groups in total. The average molecular weight is 242 g/mol. The summed E-state index contributed by atoms with van der Waals surface area (Å²) in [5.41, 5.74) is 1.07. The minimum Gasteiger partial charge on any atom is -0.370 e. The van der Waals surface area contributed by atoms with E-state index in [4.69, 9.17) is 11.6 Å². The predicted molar refractivity (Wildman–Crippen MR) is 69.2 cm³/mol. The van der Waals surface area contributed by atoms with Gasteiger partial charge in [0.1, 0.15) is 12.1 Å². The molecular weight excluding hydrogens is 222 g/mol. The fourth-order valence-electron chi connectivity index (χ4n) is 1.38. The summed E-state index contributed by atoms with van der Waals surface area (Å²) < 4.78 is 0. The van der Waals surface area contributed by atoms with E-state index in [1.54, 1.807) is 6.33 Å². The van der Waals surface area contributed by atoms with Gasteiger partial charge in [0.05, 0.1) is 0 Å². The largest absolute Gasteiger partial charge is 0.370 e. The highest BCUT2D eigenvalue weighted by Gasteiger charge is 2.02. The first-order chi connectivity index (χ1) is 7.59. The summed E-state index contributed by atoms with van der Waals surface area (Å²) in [6.45, 7) is 7.18. The molecule has 1 unspecified atom stereocenters. The lowest BCUT2D eigenvalue weighted by molar-refractivity contribution is 0.747. The molecule has 1 heterocycles. The smallest absolute Gasteiger partial charge is 0.129 e. The molecule has 1 aromatic heterocycles. The van der Waals surface area contributed by atoms with Crippen molar-refractivity contribution in [1.82, 2.24) is 9.97 Å². The summed E-state index contributed by atoms with van der Waals surface area (Å²) in [6.07, 6.45) is 3.70. The summed E-state index contributed by atoms with van der Waals surface area (Å²) >= 11 is 5.87. The fraction of sp³-hybridized carbons (Fsp3) is 0.667. The number of anilines is 1. The van der Waals surface area contributed by atoms with Crippen LogP contribution in [0.15, 0.2) is 12.4 Å². The van der Waals surface area contributed by atoms with Gasteiger partial charge in [0.15, 0.2) is 0 Å². The van der Waals surface area contributed by atoms with Crippen LogP contribution in [0.4, 0.5) is 5.82 Å². The summed E-state index contributed by atoms with van der Waals surface area (Å²) in [5, 5.41) is 3.53. The highest BCUT2D eigenvalue weighted by molar-refractivity contribution is 6.20. The lowest BCUT2D eigenvalue weighted by Crippen LogP contribution is -2.06. The highest BCUT2D eigenvalue weighted by atomic mass is 35.5. The molecule has 0 radical (unpaired) electrons. The molecular formula is C12H20ClN3. The molecule has 0 aliphatic heterocycles. The molecule has 0 aliphatic carbocycles. The molecule has 0 aromatic carbocycles. The van der Waals surface area contributed by atoms with Crippen molar-refractivity contribution < 1.29 is 0 Å². The van der Waals surface area contributed by atoms with E-state index in [-0.39, 0.29) is 5.38 Å². The van der Waals surface area contributed by atoms with Crippen molar-refractivity contribution in [3.8, 4) is 0 Å². The molecule has 0 saturated carbocycles. The van der Waals surface area contributed by atoms with Crippen LogP contribution in [0.25, 0.3) is 0 Å². The maximum absolute atomic E-state index is 5.87. The number of alkyl halides is 1. The van der Waals surface area contributed by atoms with Crippen molar-refractivity contribution in [1.29, 1.82) is 0 Å². The summed E-state index contributed by atoms with van der Waals surface area (Å²) in [6, 6.07) is 2.01. The lowest BCUT2D eigenvalue weighted by Gasteiger charge is -2.08. The summed E-state index contributed by atoms with van der Waals surface area (Å²) in [7, 11) is 0. The predicted octanol–water partition coefficient (Wildman–Crippen LogP) is 3.42. The van der Waals surface area contributed by atoms with Gasteiger partial charge in [-0.25, -0.2) is 9.97 Å². The normalized spacial score (nSPS) is 12.8. The van der Waals surface area contributed by atoms with Crippen LogP contribution in [0.5, 0.6) is 0 Å². The molecule has 0 bridgehead atoms. The third-order valence-electron chi connectivity index (χ3n) is 2.36. The van der Waals surface area contributed by atoms with E-state index in [1.165, 1.54) is 0 Å². The zero-order chi connectivity index (χ0) is 12.0. The van der Waals surface area contributed by atoms with Crippen LogP contribution in [-0.2, 0) is 0 Å². The van der Waals surface area contributed by atoms with Crippen LogP contribution in [0.1, 0.15) is 45.2 Å². The lowest BCUT2D eigenvalue weighted by atomic mass is 10.1. The quantitative estimate of drug-likeness (QED) is 0.613. The minimum absolute atomic E-state index is 0.249. The molecule has 16 heavy (non-hydrogen) atoms. The van der Waals surface area contributed by atoms with Gasteiger partial charge in [-0.15, -0.1) is 11.6 Å². The van der Waals surface area contributed by atoms with Crippen LogP contribution in [0, 0.1) is 0 Å². The first-order valence-electron chi connectivity index (χ1n) is 5.79. The Morgan fingerprint density at radius 3 is 2.69 bits per heavy atom. The van der Waals surface area contributed by atoms with Gasteiger partial charge in [-0.1, -0.05) is 13.8 Å². The number of nitrogens with one attached hydrogen (secondary N) is 1. The van der Waals surface area contributed by atoms with Crippen molar-refractivity contribution in [2.24, 2.45) is 0 Å². The van der Waals surface area contributed by atoms with Crippen molar-refractivity contribution in [3.63, 3.8) is 0 Å². The number of hydrogen-bond donors (Lipinski definition) is 1. The van der Waals surface area contributed by atoms with Gasteiger partial charge in [-0.3, -0.25) is 0 Å². The zero-order valence-electron chi connectivity index (χ0n) is 10.2. The van der Waals surface area contributed by atoms with Crippen molar-refractivity contribution in [2.75, 3.05) is 11.9 Å². The second-order valence-electron chi connectivity index (χ2n) is 4.33. The van der Waals surface area contributed by atoms with Crippen LogP contribution in [0.2, 0.25) is 0 Å². The monoisotopic (exact) mass is 241 g/mol. The Labute approximate surface area is 103 Å². The molecule has 1 rings (SSSR count). The zero-order valence-corrected chi connectivity index (χ0v) is 11.0. The number of nitrogens with zero attached hydrogens (tertiary/aromatic N) is 2. The average Bonchev–Trinajstić information content (AvgIpc) is 2.24. The molecule has 0 amide bonds. The van der Waals surface area contributed by atoms with E-state index in [2.05, 4.69) is 29.1 Å². The maximum Gasteiger partial charge on any atom is 0.129 e. The van der Waals surface area contributed by atoms with E-state index < -0.39 is 0 Å². The van der Waals surface area contributed by atoms with Crippen molar-refractivity contribution in [3.05, 3.63) is 18.1 Å². The Kier molecular flexibility index (Phi) is 5.53. The van der Waals surface area contributed by atoms with Crippen LogP contribution in [-0.4, -0.2) is 21.9 Å². The van der Waals surface area contributed by atoms with E-state index in [9.17, 15) is 0 Å². The van der Waals surface area contributed by atoms with Crippen LogP contribution >= 0.6 is 11.6 Å². The van der Waals surface area contributed by atoms with Gasteiger partial charge in [0.2, 0.25) is 0 Å². The number of hydrogen-bond acceptors (Lipinski definition) is 3. The maximum atomic E-state index is 5.87. The number of aromatic nitrogens is 2.